The second-order valence-electron chi connectivity index (χ2n) is 5.40. The van der Waals surface area contributed by atoms with Crippen molar-refractivity contribution in [2.45, 2.75) is 12.5 Å². The van der Waals surface area contributed by atoms with Gasteiger partial charge in [-0.2, -0.15) is 0 Å². The zero-order chi connectivity index (χ0) is 16.9. The number of nitrogens with zero attached hydrogens (tertiary/aromatic N) is 2. The maximum absolute atomic E-state index is 12.2. The van der Waals surface area contributed by atoms with Crippen LogP contribution in [-0.4, -0.2) is 40.9 Å². The van der Waals surface area contributed by atoms with Crippen LogP contribution < -0.4 is 10.5 Å². The molecule has 0 saturated carbocycles. The Morgan fingerprint density at radius 1 is 1.42 bits per heavy atom. The minimum absolute atomic E-state index is 0.0925. The van der Waals surface area contributed by atoms with Crippen molar-refractivity contribution >= 4 is 17.9 Å². The smallest absolute Gasteiger partial charge is 0.267 e. The van der Waals surface area contributed by atoms with Crippen molar-refractivity contribution < 1.29 is 18.7 Å². The van der Waals surface area contributed by atoms with Gasteiger partial charge in [-0.15, -0.1) is 0 Å². The van der Waals surface area contributed by atoms with Crippen molar-refractivity contribution in [3.8, 4) is 5.75 Å². The summed E-state index contributed by atoms with van der Waals surface area (Å²) in [6.07, 6.45) is 6.73. The summed E-state index contributed by atoms with van der Waals surface area (Å²) < 4.78 is 11.0. The van der Waals surface area contributed by atoms with Gasteiger partial charge < -0.3 is 19.8 Å². The summed E-state index contributed by atoms with van der Waals surface area (Å²) in [6.45, 7) is 1.09. The van der Waals surface area contributed by atoms with Crippen molar-refractivity contribution in [3.05, 3.63) is 54.3 Å². The average Bonchev–Trinajstić information content (AvgIpc) is 3.24. The molecule has 7 heteroatoms. The van der Waals surface area contributed by atoms with Crippen LogP contribution in [-0.2, 0) is 4.79 Å². The highest BCUT2D eigenvalue weighted by Gasteiger charge is 2.26. The topological polar surface area (TPSA) is 98.7 Å². The summed E-state index contributed by atoms with van der Waals surface area (Å²) in [6, 6.07) is 6.70. The number of carbonyl (C=O) groups is 2. The number of rotatable bonds is 5. The van der Waals surface area contributed by atoms with Gasteiger partial charge in [-0.25, -0.2) is 0 Å². The van der Waals surface area contributed by atoms with Gasteiger partial charge in [0.05, 0.1) is 12.8 Å². The lowest BCUT2D eigenvalue weighted by atomic mass is 10.3. The van der Waals surface area contributed by atoms with Gasteiger partial charge in [-0.1, -0.05) is 0 Å². The number of hydrogen-bond donors (Lipinski definition) is 1. The first kappa shape index (κ1) is 15.8. The van der Waals surface area contributed by atoms with E-state index in [2.05, 4.69) is 4.98 Å². The predicted molar refractivity (Wildman–Crippen MR) is 86.1 cm³/mol. The van der Waals surface area contributed by atoms with E-state index in [1.54, 1.807) is 35.4 Å². The standard InChI is InChI=1S/C17H17N3O4/c18-17(22)15-10-13(5-7-19-15)24-14-6-8-20(11-14)16(21)4-3-12-2-1-9-23-12/h1-5,7,9-10,14H,6,8,11H2,(H2,18,22)/b4-3+/t14-/m1/s1. The summed E-state index contributed by atoms with van der Waals surface area (Å²) in [5, 5.41) is 0. The van der Waals surface area contributed by atoms with E-state index in [1.165, 1.54) is 18.3 Å². The van der Waals surface area contributed by atoms with Crippen molar-refractivity contribution in [1.82, 2.24) is 9.88 Å². The Morgan fingerprint density at radius 3 is 3.04 bits per heavy atom. The van der Waals surface area contributed by atoms with Gasteiger partial charge >= 0.3 is 0 Å². The van der Waals surface area contributed by atoms with Gasteiger partial charge in [0.1, 0.15) is 23.3 Å². The second kappa shape index (κ2) is 6.99. The summed E-state index contributed by atoms with van der Waals surface area (Å²) in [5.41, 5.74) is 5.35. The molecule has 1 atom stereocenters. The Balaban J connectivity index is 1.56. The van der Waals surface area contributed by atoms with Crippen molar-refractivity contribution in [2.24, 2.45) is 5.73 Å². The molecule has 0 radical (unpaired) electrons. The molecule has 2 amide bonds. The molecule has 2 aromatic heterocycles. The molecule has 124 valence electrons. The van der Waals surface area contributed by atoms with Gasteiger partial charge in [0.15, 0.2) is 0 Å². The van der Waals surface area contributed by atoms with E-state index in [1.807, 2.05) is 0 Å². The van der Waals surface area contributed by atoms with Crippen molar-refractivity contribution in [2.75, 3.05) is 13.1 Å². The van der Waals surface area contributed by atoms with Gasteiger partial charge in [0.2, 0.25) is 5.91 Å². The van der Waals surface area contributed by atoms with E-state index in [4.69, 9.17) is 14.9 Å². The highest BCUT2D eigenvalue weighted by Crippen LogP contribution is 2.19. The number of ether oxygens (including phenoxy) is 1. The summed E-state index contributed by atoms with van der Waals surface area (Å²) in [4.78, 5) is 28.9. The summed E-state index contributed by atoms with van der Waals surface area (Å²) in [7, 11) is 0. The number of likely N-dealkylation sites (tertiary alicyclic amines) is 1. The number of furan rings is 1. The van der Waals surface area contributed by atoms with Crippen LogP contribution >= 0.6 is 0 Å². The van der Waals surface area contributed by atoms with Gasteiger partial charge in [0.25, 0.3) is 5.91 Å². The molecule has 0 unspecified atom stereocenters. The lowest BCUT2D eigenvalue weighted by Crippen LogP contribution is -2.29. The van der Waals surface area contributed by atoms with E-state index in [-0.39, 0.29) is 17.7 Å². The maximum Gasteiger partial charge on any atom is 0.267 e. The molecule has 1 aliphatic heterocycles. The van der Waals surface area contributed by atoms with E-state index >= 15 is 0 Å². The van der Waals surface area contributed by atoms with E-state index in [9.17, 15) is 9.59 Å². The summed E-state index contributed by atoms with van der Waals surface area (Å²) in [5.74, 6) is 0.451. The minimum atomic E-state index is -0.605. The zero-order valence-corrected chi connectivity index (χ0v) is 12.9. The monoisotopic (exact) mass is 327 g/mol. The molecule has 2 aromatic rings. The fraction of sp³-hybridized carbons (Fsp3) is 0.235. The van der Waals surface area contributed by atoms with Gasteiger partial charge in [-0.3, -0.25) is 14.6 Å². The fourth-order valence-corrected chi connectivity index (χ4v) is 2.48. The first-order valence-corrected chi connectivity index (χ1v) is 7.55. The molecule has 0 aliphatic carbocycles. The number of pyridine rings is 1. The van der Waals surface area contributed by atoms with E-state index in [0.29, 0.717) is 31.0 Å². The van der Waals surface area contributed by atoms with Crippen LogP contribution in [0.1, 0.15) is 22.7 Å². The first-order valence-electron chi connectivity index (χ1n) is 7.55. The zero-order valence-electron chi connectivity index (χ0n) is 12.9. The Bertz CT molecular complexity index is 755. The van der Waals surface area contributed by atoms with Crippen LogP contribution in [0.2, 0.25) is 0 Å². The number of hydrogen-bond acceptors (Lipinski definition) is 5. The Kier molecular flexibility index (Phi) is 4.60. The number of carbonyl (C=O) groups excluding carboxylic acids is 2. The average molecular weight is 327 g/mol. The highest BCUT2D eigenvalue weighted by molar-refractivity contribution is 5.92. The molecule has 24 heavy (non-hydrogen) atoms. The molecule has 0 bridgehead atoms. The molecule has 7 nitrogen and oxygen atoms in total. The Morgan fingerprint density at radius 2 is 2.29 bits per heavy atom. The van der Waals surface area contributed by atoms with E-state index < -0.39 is 5.91 Å². The highest BCUT2D eigenvalue weighted by atomic mass is 16.5. The molecule has 0 spiro atoms. The molecular weight excluding hydrogens is 310 g/mol. The number of nitrogens with two attached hydrogens (primary N) is 1. The van der Waals surface area contributed by atoms with Crippen LogP contribution in [0.25, 0.3) is 6.08 Å². The Hall–Kier alpha value is -3.09. The fourth-order valence-electron chi connectivity index (χ4n) is 2.48. The largest absolute Gasteiger partial charge is 0.488 e. The molecule has 1 fully saturated rings. The second-order valence-corrected chi connectivity index (χ2v) is 5.40. The minimum Gasteiger partial charge on any atom is -0.488 e. The third-order valence-corrected chi connectivity index (χ3v) is 3.68. The van der Waals surface area contributed by atoms with Crippen LogP contribution in [0.5, 0.6) is 5.75 Å². The van der Waals surface area contributed by atoms with Crippen LogP contribution in [0.15, 0.2) is 47.2 Å². The maximum atomic E-state index is 12.2. The molecule has 2 N–H and O–H groups in total. The predicted octanol–water partition coefficient (Wildman–Crippen LogP) is 1.47. The number of primary amides is 1. The number of aromatic nitrogens is 1. The molecule has 3 heterocycles. The lowest BCUT2D eigenvalue weighted by molar-refractivity contribution is -0.125. The number of amides is 2. The van der Waals surface area contributed by atoms with Crippen LogP contribution in [0.4, 0.5) is 0 Å². The van der Waals surface area contributed by atoms with Crippen LogP contribution in [0, 0.1) is 0 Å². The molecular formula is C17H17N3O4. The molecule has 1 saturated heterocycles. The van der Waals surface area contributed by atoms with Crippen molar-refractivity contribution in [1.29, 1.82) is 0 Å². The summed E-state index contributed by atoms with van der Waals surface area (Å²) >= 11 is 0. The van der Waals surface area contributed by atoms with Crippen molar-refractivity contribution in [3.63, 3.8) is 0 Å². The third kappa shape index (κ3) is 3.81. The molecule has 0 aromatic carbocycles. The van der Waals surface area contributed by atoms with Gasteiger partial charge in [0, 0.05) is 31.3 Å². The normalized spacial score (nSPS) is 17.3. The first-order chi connectivity index (χ1) is 11.6. The Labute approximate surface area is 138 Å². The molecule has 3 rings (SSSR count). The van der Waals surface area contributed by atoms with Gasteiger partial charge in [-0.05, 0) is 24.3 Å². The van der Waals surface area contributed by atoms with Crippen LogP contribution in [0.3, 0.4) is 0 Å². The van der Waals surface area contributed by atoms with E-state index in [0.717, 1.165) is 0 Å². The molecule has 1 aliphatic rings. The SMILES string of the molecule is NC(=O)c1cc(O[C@@H]2CCN(C(=O)/C=C/c3ccco3)C2)ccn1. The lowest BCUT2D eigenvalue weighted by Gasteiger charge is -2.16. The third-order valence-electron chi connectivity index (χ3n) is 3.68. The quantitative estimate of drug-likeness (QED) is 0.838.